The summed E-state index contributed by atoms with van der Waals surface area (Å²) in [5.74, 6) is 0.704. The number of amides is 1. The van der Waals surface area contributed by atoms with E-state index in [0.29, 0.717) is 0 Å². The Morgan fingerprint density at radius 1 is 1.21 bits per heavy atom. The summed E-state index contributed by atoms with van der Waals surface area (Å²) in [5.41, 5.74) is 3.15. The molecular formula is C23H27FN2O2. The van der Waals surface area contributed by atoms with Gasteiger partial charge in [0.1, 0.15) is 17.7 Å². The molecule has 4 rings (SSSR count). The van der Waals surface area contributed by atoms with E-state index in [2.05, 4.69) is 35.3 Å². The molecule has 0 aliphatic carbocycles. The average Bonchev–Trinajstić information content (AvgIpc) is 3.03. The molecule has 2 aliphatic rings. The first kappa shape index (κ1) is 18.9. The van der Waals surface area contributed by atoms with Crippen LogP contribution in [-0.2, 0) is 23.3 Å². The molecule has 1 N–H and O–H groups in total. The third-order valence-electron chi connectivity index (χ3n) is 5.89. The monoisotopic (exact) mass is 382 g/mol. The summed E-state index contributed by atoms with van der Waals surface area (Å²) >= 11 is 0. The molecule has 0 saturated carbocycles. The van der Waals surface area contributed by atoms with Gasteiger partial charge in [0.05, 0.1) is 5.54 Å². The smallest absolute Gasteiger partial charge is 0.217 e. The SMILES string of the molecule is CC(=O)NC1(c2ccc(F)cc2)CCN(Cc2ccc3c(c2)C[C@@H](C)O3)CC1. The Morgan fingerprint density at radius 2 is 1.93 bits per heavy atom. The van der Waals surface area contributed by atoms with Crippen molar-refractivity contribution in [3.63, 3.8) is 0 Å². The lowest BCUT2D eigenvalue weighted by atomic mass is 9.80. The topological polar surface area (TPSA) is 41.6 Å². The van der Waals surface area contributed by atoms with Gasteiger partial charge in [-0.25, -0.2) is 4.39 Å². The molecule has 0 aromatic heterocycles. The van der Waals surface area contributed by atoms with Crippen LogP contribution >= 0.6 is 0 Å². The number of nitrogens with one attached hydrogen (secondary N) is 1. The van der Waals surface area contributed by atoms with Crippen LogP contribution in [-0.4, -0.2) is 30.0 Å². The van der Waals surface area contributed by atoms with E-state index in [1.54, 1.807) is 19.1 Å². The van der Waals surface area contributed by atoms with Crippen LogP contribution < -0.4 is 10.1 Å². The van der Waals surface area contributed by atoms with Crippen molar-refractivity contribution in [1.29, 1.82) is 0 Å². The number of carbonyl (C=O) groups is 1. The summed E-state index contributed by atoms with van der Waals surface area (Å²) in [5, 5.41) is 3.15. The molecule has 0 radical (unpaired) electrons. The Balaban J connectivity index is 1.45. The van der Waals surface area contributed by atoms with Crippen LogP contribution in [0.15, 0.2) is 42.5 Å². The normalized spacial score (nSPS) is 21.0. The Labute approximate surface area is 165 Å². The molecule has 5 heteroatoms. The maximum atomic E-state index is 13.4. The molecule has 148 valence electrons. The summed E-state index contributed by atoms with van der Waals surface area (Å²) in [6, 6.07) is 13.0. The third-order valence-corrected chi connectivity index (χ3v) is 5.89. The third kappa shape index (κ3) is 3.90. The van der Waals surface area contributed by atoms with Gasteiger partial charge in [-0.2, -0.15) is 0 Å². The number of carbonyl (C=O) groups excluding carboxylic acids is 1. The van der Waals surface area contributed by atoms with Crippen molar-refractivity contribution in [3.8, 4) is 5.75 Å². The number of nitrogens with zero attached hydrogens (tertiary/aromatic N) is 1. The van der Waals surface area contributed by atoms with Crippen LogP contribution in [0.4, 0.5) is 4.39 Å². The second-order valence-corrected chi connectivity index (χ2v) is 8.12. The van der Waals surface area contributed by atoms with Crippen molar-refractivity contribution < 1.29 is 13.9 Å². The molecule has 0 spiro atoms. The van der Waals surface area contributed by atoms with E-state index >= 15 is 0 Å². The first-order valence-corrected chi connectivity index (χ1v) is 9.99. The molecule has 0 unspecified atom stereocenters. The number of hydrogen-bond acceptors (Lipinski definition) is 3. The largest absolute Gasteiger partial charge is 0.490 e. The van der Waals surface area contributed by atoms with Gasteiger partial charge in [-0.1, -0.05) is 24.3 Å². The lowest BCUT2D eigenvalue weighted by Crippen LogP contribution is -2.52. The van der Waals surface area contributed by atoms with Crippen LogP contribution in [0.5, 0.6) is 5.75 Å². The molecule has 1 fully saturated rings. The van der Waals surface area contributed by atoms with E-state index < -0.39 is 5.54 Å². The van der Waals surface area contributed by atoms with Gasteiger partial charge >= 0.3 is 0 Å². The van der Waals surface area contributed by atoms with Gasteiger partial charge in [0.2, 0.25) is 5.91 Å². The fourth-order valence-electron chi connectivity index (χ4n) is 4.52. The summed E-state index contributed by atoms with van der Waals surface area (Å²) in [7, 11) is 0. The molecule has 0 bridgehead atoms. The zero-order chi connectivity index (χ0) is 19.7. The molecule has 1 atom stereocenters. The van der Waals surface area contributed by atoms with Gasteiger partial charge in [-0.3, -0.25) is 9.69 Å². The van der Waals surface area contributed by atoms with E-state index in [0.717, 1.165) is 50.2 Å². The number of likely N-dealkylation sites (tertiary alicyclic amines) is 1. The van der Waals surface area contributed by atoms with Gasteiger partial charge in [-0.05, 0) is 54.7 Å². The van der Waals surface area contributed by atoms with Gasteiger partial charge in [0, 0.05) is 33.0 Å². The number of benzene rings is 2. The van der Waals surface area contributed by atoms with Crippen molar-refractivity contribution in [3.05, 3.63) is 65.0 Å². The molecular weight excluding hydrogens is 355 g/mol. The van der Waals surface area contributed by atoms with Gasteiger partial charge in [-0.15, -0.1) is 0 Å². The summed E-state index contributed by atoms with van der Waals surface area (Å²) in [4.78, 5) is 14.3. The predicted octanol–water partition coefficient (Wildman–Crippen LogP) is 3.78. The minimum absolute atomic E-state index is 0.0504. The highest BCUT2D eigenvalue weighted by atomic mass is 19.1. The number of fused-ring (bicyclic) bond motifs is 1. The van der Waals surface area contributed by atoms with E-state index in [9.17, 15) is 9.18 Å². The molecule has 2 heterocycles. The summed E-state index contributed by atoms with van der Waals surface area (Å²) < 4.78 is 19.2. The van der Waals surface area contributed by atoms with Crippen LogP contribution in [0.2, 0.25) is 0 Å². The first-order chi connectivity index (χ1) is 13.4. The van der Waals surface area contributed by atoms with Gasteiger partial charge in [0.25, 0.3) is 0 Å². The van der Waals surface area contributed by atoms with Gasteiger partial charge < -0.3 is 10.1 Å². The summed E-state index contributed by atoms with van der Waals surface area (Å²) in [6.45, 7) is 6.29. The highest BCUT2D eigenvalue weighted by Gasteiger charge is 2.37. The second kappa shape index (κ2) is 7.55. The maximum absolute atomic E-state index is 13.4. The molecule has 1 amide bonds. The fourth-order valence-corrected chi connectivity index (χ4v) is 4.52. The molecule has 2 aliphatic heterocycles. The highest BCUT2D eigenvalue weighted by Crippen LogP contribution is 2.34. The quantitative estimate of drug-likeness (QED) is 0.875. The standard InChI is InChI=1S/C23H27FN2O2/c1-16-13-19-14-18(3-8-22(19)28-16)15-26-11-9-23(10-12-26,25-17(2)27)20-4-6-21(24)7-5-20/h3-8,14,16H,9-13,15H2,1-2H3,(H,25,27)/t16-/m1/s1. The molecule has 1 saturated heterocycles. The Kier molecular flexibility index (Phi) is 5.11. The van der Waals surface area contributed by atoms with Crippen molar-refractivity contribution in [2.45, 2.75) is 51.3 Å². The molecule has 4 nitrogen and oxygen atoms in total. The number of rotatable bonds is 4. The summed E-state index contributed by atoms with van der Waals surface area (Å²) in [6.07, 6.45) is 2.85. The second-order valence-electron chi connectivity index (χ2n) is 8.12. The zero-order valence-electron chi connectivity index (χ0n) is 16.5. The average molecular weight is 382 g/mol. The Morgan fingerprint density at radius 3 is 2.61 bits per heavy atom. The zero-order valence-corrected chi connectivity index (χ0v) is 16.5. The molecule has 2 aromatic carbocycles. The van der Waals surface area contributed by atoms with Crippen LogP contribution in [0.3, 0.4) is 0 Å². The molecule has 28 heavy (non-hydrogen) atoms. The maximum Gasteiger partial charge on any atom is 0.217 e. The van der Waals surface area contributed by atoms with Crippen molar-refractivity contribution in [2.75, 3.05) is 13.1 Å². The van der Waals surface area contributed by atoms with Crippen LogP contribution in [0, 0.1) is 5.82 Å². The van der Waals surface area contributed by atoms with Crippen LogP contribution in [0.25, 0.3) is 0 Å². The Hall–Kier alpha value is -2.40. The lowest BCUT2D eigenvalue weighted by Gasteiger charge is -2.42. The lowest BCUT2D eigenvalue weighted by molar-refractivity contribution is -0.121. The van der Waals surface area contributed by atoms with Crippen molar-refractivity contribution in [2.24, 2.45) is 0 Å². The molecule has 2 aromatic rings. The first-order valence-electron chi connectivity index (χ1n) is 9.99. The predicted molar refractivity (Wildman–Crippen MR) is 107 cm³/mol. The number of ether oxygens (including phenoxy) is 1. The van der Waals surface area contributed by atoms with Crippen molar-refractivity contribution >= 4 is 5.91 Å². The number of piperidine rings is 1. The fraction of sp³-hybridized carbons (Fsp3) is 0.435. The van der Waals surface area contributed by atoms with Crippen molar-refractivity contribution in [1.82, 2.24) is 10.2 Å². The number of halogens is 1. The van der Waals surface area contributed by atoms with Gasteiger partial charge in [0.15, 0.2) is 0 Å². The highest BCUT2D eigenvalue weighted by molar-refractivity contribution is 5.74. The minimum Gasteiger partial charge on any atom is -0.490 e. The van der Waals surface area contributed by atoms with Crippen LogP contribution in [0.1, 0.15) is 43.4 Å². The Bertz CT molecular complexity index is 857. The minimum atomic E-state index is -0.419. The number of hydrogen-bond donors (Lipinski definition) is 1. The van der Waals surface area contributed by atoms with E-state index in [4.69, 9.17) is 4.74 Å². The van der Waals surface area contributed by atoms with E-state index in [-0.39, 0.29) is 17.8 Å². The van der Waals surface area contributed by atoms with E-state index in [1.807, 2.05) is 0 Å². The van der Waals surface area contributed by atoms with E-state index in [1.165, 1.54) is 23.3 Å².